The lowest BCUT2D eigenvalue weighted by Gasteiger charge is -2.09. The fourth-order valence-corrected chi connectivity index (χ4v) is 1.32. The summed E-state index contributed by atoms with van der Waals surface area (Å²) in [4.78, 5) is 21.8. The van der Waals surface area contributed by atoms with E-state index in [0.29, 0.717) is 5.56 Å². The average molecular weight is 239 g/mol. The van der Waals surface area contributed by atoms with Gasteiger partial charge in [0.1, 0.15) is 11.9 Å². The molecule has 0 bridgehead atoms. The Morgan fingerprint density at radius 2 is 2.06 bits per heavy atom. The summed E-state index contributed by atoms with van der Waals surface area (Å²) in [7, 11) is 0. The third kappa shape index (κ3) is 4.22. The third-order valence-electron chi connectivity index (χ3n) is 2.33. The van der Waals surface area contributed by atoms with E-state index in [1.165, 1.54) is 13.0 Å². The predicted octanol–water partition coefficient (Wildman–Crippen LogP) is 1.35. The molecule has 0 aliphatic carbocycles. The Morgan fingerprint density at radius 1 is 1.41 bits per heavy atom. The van der Waals surface area contributed by atoms with E-state index >= 15 is 0 Å². The lowest BCUT2D eigenvalue weighted by Crippen LogP contribution is -2.38. The molecule has 0 aliphatic rings. The van der Waals surface area contributed by atoms with Crippen LogP contribution in [0.2, 0.25) is 0 Å². The van der Waals surface area contributed by atoms with E-state index in [0.717, 1.165) is 0 Å². The van der Waals surface area contributed by atoms with E-state index in [-0.39, 0.29) is 18.7 Å². The predicted molar refractivity (Wildman–Crippen MR) is 60.0 cm³/mol. The van der Waals surface area contributed by atoms with Gasteiger partial charge in [-0.25, -0.2) is 4.39 Å². The molecule has 0 heterocycles. The summed E-state index contributed by atoms with van der Waals surface area (Å²) >= 11 is 0. The summed E-state index contributed by atoms with van der Waals surface area (Å²) < 4.78 is 13.2. The molecular weight excluding hydrogens is 225 g/mol. The van der Waals surface area contributed by atoms with Gasteiger partial charge in [-0.2, -0.15) is 0 Å². The minimum Gasteiger partial charge on any atom is -0.480 e. The molecule has 17 heavy (non-hydrogen) atoms. The van der Waals surface area contributed by atoms with Crippen molar-refractivity contribution in [3.05, 3.63) is 35.6 Å². The second kappa shape index (κ2) is 5.98. The van der Waals surface area contributed by atoms with Gasteiger partial charge in [0.05, 0.1) is 0 Å². The molecule has 1 rings (SSSR count). The van der Waals surface area contributed by atoms with E-state index in [9.17, 15) is 14.0 Å². The van der Waals surface area contributed by atoms with E-state index in [4.69, 9.17) is 5.11 Å². The summed E-state index contributed by atoms with van der Waals surface area (Å²) in [5, 5.41) is 10.9. The zero-order chi connectivity index (χ0) is 12.8. The fourth-order valence-electron chi connectivity index (χ4n) is 1.32. The van der Waals surface area contributed by atoms with Crippen LogP contribution in [0.15, 0.2) is 24.3 Å². The van der Waals surface area contributed by atoms with Crippen molar-refractivity contribution in [1.29, 1.82) is 0 Å². The zero-order valence-electron chi connectivity index (χ0n) is 9.44. The Labute approximate surface area is 98.5 Å². The van der Waals surface area contributed by atoms with Crippen LogP contribution in [0.4, 0.5) is 4.39 Å². The third-order valence-corrected chi connectivity index (χ3v) is 2.33. The van der Waals surface area contributed by atoms with Crippen molar-refractivity contribution in [2.45, 2.75) is 25.8 Å². The van der Waals surface area contributed by atoms with E-state index in [1.807, 2.05) is 0 Å². The van der Waals surface area contributed by atoms with Gasteiger partial charge in [-0.15, -0.1) is 0 Å². The monoisotopic (exact) mass is 239 g/mol. The van der Waals surface area contributed by atoms with Gasteiger partial charge in [0.15, 0.2) is 0 Å². The van der Waals surface area contributed by atoms with Gasteiger partial charge < -0.3 is 10.4 Å². The normalized spacial score (nSPS) is 11.9. The highest BCUT2D eigenvalue weighted by atomic mass is 19.1. The molecule has 0 aromatic heterocycles. The van der Waals surface area contributed by atoms with Crippen molar-refractivity contribution >= 4 is 11.9 Å². The number of aryl methyl sites for hydroxylation is 1. The van der Waals surface area contributed by atoms with Crippen LogP contribution in [-0.2, 0) is 16.0 Å². The number of carboxylic acid groups (broad SMARTS) is 1. The average Bonchev–Trinajstić information content (AvgIpc) is 2.27. The van der Waals surface area contributed by atoms with Crippen LogP contribution in [-0.4, -0.2) is 23.0 Å². The minimum absolute atomic E-state index is 0.0680. The van der Waals surface area contributed by atoms with Crippen molar-refractivity contribution in [2.75, 3.05) is 0 Å². The molecule has 0 unspecified atom stereocenters. The summed E-state index contributed by atoms with van der Waals surface area (Å²) in [5.74, 6) is -1.85. The Hall–Kier alpha value is -1.91. The molecule has 0 saturated heterocycles. The van der Waals surface area contributed by atoms with Gasteiger partial charge in [0, 0.05) is 6.42 Å². The lowest BCUT2D eigenvalue weighted by atomic mass is 10.1. The number of rotatable bonds is 5. The molecule has 92 valence electrons. The van der Waals surface area contributed by atoms with Gasteiger partial charge >= 0.3 is 5.97 Å². The Morgan fingerprint density at radius 3 is 2.65 bits per heavy atom. The Balaban J connectivity index is 2.44. The van der Waals surface area contributed by atoms with E-state index < -0.39 is 17.9 Å². The summed E-state index contributed by atoms with van der Waals surface area (Å²) in [6, 6.07) is 5.26. The first-order valence-electron chi connectivity index (χ1n) is 5.26. The number of carboxylic acids is 1. The first-order valence-corrected chi connectivity index (χ1v) is 5.26. The van der Waals surface area contributed by atoms with Crippen molar-refractivity contribution in [2.24, 2.45) is 0 Å². The van der Waals surface area contributed by atoms with Crippen LogP contribution >= 0.6 is 0 Å². The molecule has 2 N–H and O–H groups in total. The van der Waals surface area contributed by atoms with Gasteiger partial charge in [-0.3, -0.25) is 9.59 Å². The summed E-state index contributed by atoms with van der Waals surface area (Å²) in [5.41, 5.74) is 0.450. The fraction of sp³-hybridized carbons (Fsp3) is 0.333. The maximum Gasteiger partial charge on any atom is 0.325 e. The number of halogens is 1. The van der Waals surface area contributed by atoms with Gasteiger partial charge in [0.25, 0.3) is 0 Å². The van der Waals surface area contributed by atoms with Gasteiger partial charge in [-0.05, 0) is 25.0 Å². The number of benzene rings is 1. The molecule has 0 saturated carbocycles. The van der Waals surface area contributed by atoms with Gasteiger partial charge in [0.2, 0.25) is 5.91 Å². The smallest absolute Gasteiger partial charge is 0.325 e. The van der Waals surface area contributed by atoms with Crippen molar-refractivity contribution in [1.82, 2.24) is 5.32 Å². The number of carbonyl (C=O) groups is 2. The molecule has 1 aromatic rings. The number of nitrogens with one attached hydrogen (secondary N) is 1. The Bertz CT molecular complexity index is 420. The van der Waals surface area contributed by atoms with Crippen LogP contribution in [0.5, 0.6) is 0 Å². The molecule has 4 nitrogen and oxygen atoms in total. The van der Waals surface area contributed by atoms with Crippen LogP contribution in [0, 0.1) is 5.82 Å². The molecule has 1 atom stereocenters. The van der Waals surface area contributed by atoms with Crippen molar-refractivity contribution in [3.63, 3.8) is 0 Å². The van der Waals surface area contributed by atoms with Crippen LogP contribution < -0.4 is 5.32 Å². The summed E-state index contributed by atoms with van der Waals surface area (Å²) in [6.45, 7) is 1.38. The first-order chi connectivity index (χ1) is 8.00. The highest BCUT2D eigenvalue weighted by Gasteiger charge is 2.13. The van der Waals surface area contributed by atoms with Gasteiger partial charge in [-0.1, -0.05) is 18.2 Å². The number of hydrogen-bond donors (Lipinski definition) is 2. The molecule has 1 aromatic carbocycles. The zero-order valence-corrected chi connectivity index (χ0v) is 9.44. The van der Waals surface area contributed by atoms with Crippen molar-refractivity contribution < 1.29 is 19.1 Å². The quantitative estimate of drug-likeness (QED) is 0.815. The number of amides is 1. The maximum absolute atomic E-state index is 13.2. The largest absolute Gasteiger partial charge is 0.480 e. The molecule has 0 radical (unpaired) electrons. The minimum atomic E-state index is -1.09. The summed E-state index contributed by atoms with van der Waals surface area (Å²) in [6.07, 6.45) is 0.323. The standard InChI is InChI=1S/C12H14FNO3/c1-8(12(16)17)14-11(15)7-6-9-4-2-3-5-10(9)13/h2-5,8H,6-7H2,1H3,(H,14,15)(H,16,17)/t8-/m0/s1. The first kappa shape index (κ1) is 13.2. The van der Waals surface area contributed by atoms with E-state index in [2.05, 4.69) is 5.32 Å². The highest BCUT2D eigenvalue weighted by Crippen LogP contribution is 2.08. The molecule has 5 heteroatoms. The highest BCUT2D eigenvalue weighted by molar-refractivity contribution is 5.83. The Kier molecular flexibility index (Phi) is 4.63. The number of carbonyl (C=O) groups excluding carboxylic acids is 1. The molecule has 0 fully saturated rings. The lowest BCUT2D eigenvalue weighted by molar-refractivity contribution is -0.141. The van der Waals surface area contributed by atoms with Crippen LogP contribution in [0.25, 0.3) is 0 Å². The molecular formula is C12H14FNO3. The molecule has 1 amide bonds. The van der Waals surface area contributed by atoms with E-state index in [1.54, 1.807) is 18.2 Å². The molecule has 0 spiro atoms. The number of hydrogen-bond acceptors (Lipinski definition) is 2. The maximum atomic E-state index is 13.2. The van der Waals surface area contributed by atoms with Crippen LogP contribution in [0.3, 0.4) is 0 Å². The number of aliphatic carboxylic acids is 1. The SMILES string of the molecule is C[C@H](NC(=O)CCc1ccccc1F)C(=O)O. The van der Waals surface area contributed by atoms with Crippen molar-refractivity contribution in [3.8, 4) is 0 Å². The van der Waals surface area contributed by atoms with Crippen LogP contribution in [0.1, 0.15) is 18.9 Å². The second-order valence-corrected chi connectivity index (χ2v) is 3.72. The molecule has 0 aliphatic heterocycles. The second-order valence-electron chi connectivity index (χ2n) is 3.72. The topological polar surface area (TPSA) is 66.4 Å².